The second-order valence-corrected chi connectivity index (χ2v) is 8.56. The summed E-state index contributed by atoms with van der Waals surface area (Å²) >= 11 is 0. The Morgan fingerprint density at radius 3 is 2.56 bits per heavy atom. The molecule has 1 aliphatic rings. The number of hydrogen-bond donors (Lipinski definition) is 1. The zero-order chi connectivity index (χ0) is 25.7. The normalized spacial score (nSPS) is 14.6. The summed E-state index contributed by atoms with van der Waals surface area (Å²) in [5.74, 6) is 0.570. The van der Waals surface area contributed by atoms with E-state index in [1.54, 1.807) is 30.3 Å². The number of ether oxygens (including phenoxy) is 2. The fraction of sp³-hybridized carbons (Fsp3) is 0.385. The molecule has 0 spiro atoms. The number of fused-ring (bicyclic) bond motifs is 1. The first-order chi connectivity index (χ1) is 17.2. The fourth-order valence-electron chi connectivity index (χ4n) is 4.21. The van der Waals surface area contributed by atoms with E-state index in [2.05, 4.69) is 15.2 Å². The highest BCUT2D eigenvalue weighted by Crippen LogP contribution is 2.35. The number of benzene rings is 2. The van der Waals surface area contributed by atoms with Crippen LogP contribution >= 0.6 is 0 Å². The average molecular weight is 503 g/mol. The van der Waals surface area contributed by atoms with Gasteiger partial charge in [-0.15, -0.1) is 0 Å². The quantitative estimate of drug-likeness (QED) is 0.471. The van der Waals surface area contributed by atoms with Gasteiger partial charge in [-0.1, -0.05) is 23.8 Å². The summed E-state index contributed by atoms with van der Waals surface area (Å²) in [6.07, 6.45) is -5.09. The zero-order valence-corrected chi connectivity index (χ0v) is 20.3. The fourth-order valence-corrected chi connectivity index (χ4v) is 4.21. The van der Waals surface area contributed by atoms with Gasteiger partial charge in [-0.05, 0) is 44.2 Å². The lowest BCUT2D eigenvalue weighted by atomic mass is 10.1. The number of carbonyl (C=O) groups excluding carboxylic acids is 1. The largest absolute Gasteiger partial charge is 0.492 e. The minimum absolute atomic E-state index is 0.193. The number of piperazine rings is 1. The summed E-state index contributed by atoms with van der Waals surface area (Å²) < 4.78 is 51.2. The molecule has 36 heavy (non-hydrogen) atoms. The maximum Gasteiger partial charge on any atom is 0.433 e. The number of aryl methyl sites for hydroxylation is 1. The van der Waals surface area contributed by atoms with Crippen LogP contribution in [0.2, 0.25) is 0 Å². The molecule has 2 heterocycles. The number of halogens is 3. The molecular formula is C26H29F3N4O3. The Bertz CT molecular complexity index is 1210. The van der Waals surface area contributed by atoms with Gasteiger partial charge >= 0.3 is 12.3 Å². The van der Waals surface area contributed by atoms with Gasteiger partial charge in [0.25, 0.3) is 0 Å². The Labute approximate surface area is 207 Å². The predicted molar refractivity (Wildman–Crippen MR) is 133 cm³/mol. The number of hydrogen-bond acceptors (Lipinski definition) is 6. The molecule has 192 valence electrons. The molecule has 1 fully saturated rings. The molecule has 4 rings (SSSR count). The van der Waals surface area contributed by atoms with E-state index in [-0.39, 0.29) is 6.61 Å². The summed E-state index contributed by atoms with van der Waals surface area (Å²) in [6, 6.07) is 13.5. The average Bonchev–Trinajstić information content (AvgIpc) is 2.85. The van der Waals surface area contributed by atoms with Gasteiger partial charge < -0.3 is 14.4 Å². The minimum Gasteiger partial charge on any atom is -0.492 e. The maximum absolute atomic E-state index is 13.5. The lowest BCUT2D eigenvalue weighted by Gasteiger charge is -2.36. The van der Waals surface area contributed by atoms with E-state index in [1.807, 2.05) is 30.9 Å². The van der Waals surface area contributed by atoms with Crippen molar-refractivity contribution in [1.29, 1.82) is 0 Å². The van der Waals surface area contributed by atoms with E-state index in [9.17, 15) is 18.0 Å². The molecule has 2 aromatic carbocycles. The number of rotatable bonds is 7. The van der Waals surface area contributed by atoms with Crippen molar-refractivity contribution >= 4 is 28.4 Å². The molecule has 1 saturated heterocycles. The van der Waals surface area contributed by atoms with Crippen molar-refractivity contribution in [3.05, 3.63) is 59.8 Å². The van der Waals surface area contributed by atoms with Gasteiger partial charge in [-0.25, -0.2) is 9.78 Å². The molecule has 10 heteroatoms. The number of pyridine rings is 1. The summed E-state index contributed by atoms with van der Waals surface area (Å²) in [5, 5.41) is 3.40. The number of para-hydroxylation sites is 2. The SMILES string of the molecule is CCOc1ccccc1NC(=O)OCCN1CCN(c2cc(C(F)(F)F)nc3ccc(C)cc23)CC1. The van der Waals surface area contributed by atoms with E-state index in [4.69, 9.17) is 9.47 Å². The maximum atomic E-state index is 13.5. The van der Waals surface area contributed by atoms with Crippen molar-refractivity contribution in [3.8, 4) is 5.75 Å². The standard InChI is InChI=1S/C26H29F3N4O3/c1-3-35-23-7-5-4-6-21(23)31-25(34)36-15-14-32-10-12-33(13-11-32)22-17-24(26(27,28)29)30-20-9-8-18(2)16-19(20)22/h4-9,16-17H,3,10-15H2,1-2H3,(H,31,34). The molecule has 1 N–H and O–H groups in total. The molecule has 1 aliphatic heterocycles. The van der Waals surface area contributed by atoms with Gasteiger partial charge in [0.2, 0.25) is 0 Å². The van der Waals surface area contributed by atoms with E-state index < -0.39 is 18.0 Å². The van der Waals surface area contributed by atoms with Crippen molar-refractivity contribution in [2.45, 2.75) is 20.0 Å². The van der Waals surface area contributed by atoms with Crippen molar-refractivity contribution < 1.29 is 27.4 Å². The highest BCUT2D eigenvalue weighted by molar-refractivity contribution is 5.92. The monoisotopic (exact) mass is 502 g/mol. The second kappa shape index (κ2) is 11.0. The van der Waals surface area contributed by atoms with E-state index >= 15 is 0 Å². The molecule has 1 aromatic heterocycles. The van der Waals surface area contributed by atoms with Crippen LogP contribution in [0, 0.1) is 6.92 Å². The number of carbonyl (C=O) groups is 1. The topological polar surface area (TPSA) is 66.9 Å². The second-order valence-electron chi connectivity index (χ2n) is 8.56. The summed E-state index contributed by atoms with van der Waals surface area (Å²) in [7, 11) is 0. The zero-order valence-electron chi connectivity index (χ0n) is 20.3. The van der Waals surface area contributed by atoms with E-state index in [0.29, 0.717) is 67.4 Å². The first kappa shape index (κ1) is 25.6. The van der Waals surface area contributed by atoms with Crippen LogP contribution < -0.4 is 15.0 Å². The first-order valence-corrected chi connectivity index (χ1v) is 11.9. The summed E-state index contributed by atoms with van der Waals surface area (Å²) in [4.78, 5) is 20.1. The minimum atomic E-state index is -4.52. The Hall–Kier alpha value is -3.53. The lowest BCUT2D eigenvalue weighted by molar-refractivity contribution is -0.140. The Balaban J connectivity index is 1.33. The van der Waals surface area contributed by atoms with Crippen LogP contribution in [-0.2, 0) is 10.9 Å². The van der Waals surface area contributed by atoms with Crippen LogP contribution in [-0.4, -0.2) is 61.9 Å². The highest BCUT2D eigenvalue weighted by atomic mass is 19.4. The lowest BCUT2D eigenvalue weighted by Crippen LogP contribution is -2.47. The Morgan fingerprint density at radius 1 is 1.08 bits per heavy atom. The third-order valence-electron chi connectivity index (χ3n) is 6.01. The number of anilines is 2. The van der Waals surface area contributed by atoms with Gasteiger partial charge in [-0.3, -0.25) is 10.2 Å². The van der Waals surface area contributed by atoms with Crippen LogP contribution in [0.5, 0.6) is 5.75 Å². The van der Waals surface area contributed by atoms with Crippen molar-refractivity contribution in [2.24, 2.45) is 0 Å². The van der Waals surface area contributed by atoms with Crippen molar-refractivity contribution in [1.82, 2.24) is 9.88 Å². The van der Waals surface area contributed by atoms with E-state index in [1.165, 1.54) is 0 Å². The molecular weight excluding hydrogens is 473 g/mol. The third-order valence-corrected chi connectivity index (χ3v) is 6.01. The van der Waals surface area contributed by atoms with E-state index in [0.717, 1.165) is 11.6 Å². The van der Waals surface area contributed by atoms with Crippen molar-refractivity contribution in [3.63, 3.8) is 0 Å². The van der Waals surface area contributed by atoms with Crippen LogP contribution in [0.3, 0.4) is 0 Å². The van der Waals surface area contributed by atoms with Gasteiger partial charge in [0, 0.05) is 43.8 Å². The molecule has 0 aliphatic carbocycles. The predicted octanol–water partition coefficient (Wildman–Crippen LogP) is 5.33. The molecule has 0 unspecified atom stereocenters. The van der Waals surface area contributed by atoms with Crippen LogP contribution in [0.4, 0.5) is 29.3 Å². The van der Waals surface area contributed by atoms with Gasteiger partial charge in [-0.2, -0.15) is 13.2 Å². The molecule has 0 saturated carbocycles. The smallest absolute Gasteiger partial charge is 0.433 e. The number of alkyl halides is 3. The van der Waals surface area contributed by atoms with Gasteiger partial charge in [0.15, 0.2) is 0 Å². The highest BCUT2D eigenvalue weighted by Gasteiger charge is 2.34. The molecule has 1 amide bonds. The Morgan fingerprint density at radius 2 is 1.83 bits per heavy atom. The van der Waals surface area contributed by atoms with Gasteiger partial charge in [0.1, 0.15) is 18.1 Å². The molecule has 0 radical (unpaired) electrons. The third kappa shape index (κ3) is 6.17. The number of aromatic nitrogens is 1. The molecule has 0 bridgehead atoms. The molecule has 0 atom stereocenters. The van der Waals surface area contributed by atoms with Crippen LogP contribution in [0.25, 0.3) is 10.9 Å². The Kier molecular flexibility index (Phi) is 7.83. The van der Waals surface area contributed by atoms with Crippen LogP contribution in [0.1, 0.15) is 18.2 Å². The number of nitrogens with one attached hydrogen (secondary N) is 1. The summed E-state index contributed by atoms with van der Waals surface area (Å²) in [5.41, 5.74) is 1.48. The van der Waals surface area contributed by atoms with Crippen LogP contribution in [0.15, 0.2) is 48.5 Å². The number of amides is 1. The number of nitrogens with zero attached hydrogens (tertiary/aromatic N) is 3. The summed E-state index contributed by atoms with van der Waals surface area (Å²) in [6.45, 7) is 7.34. The van der Waals surface area contributed by atoms with Gasteiger partial charge in [0.05, 0.1) is 17.8 Å². The first-order valence-electron chi connectivity index (χ1n) is 11.9. The van der Waals surface area contributed by atoms with Crippen molar-refractivity contribution in [2.75, 3.05) is 56.2 Å². The molecule has 7 nitrogen and oxygen atoms in total. The molecule has 3 aromatic rings.